The van der Waals surface area contributed by atoms with Gasteiger partial charge in [-0.1, -0.05) is 38.1 Å². The fourth-order valence-electron chi connectivity index (χ4n) is 2.03. The normalized spacial score (nSPS) is 19.8. The lowest BCUT2D eigenvalue weighted by atomic mass is 9.95. The molecule has 0 unspecified atom stereocenters. The van der Waals surface area contributed by atoms with Gasteiger partial charge in [-0.25, -0.2) is 0 Å². The molecule has 2 rings (SSSR count). The number of hydrogen-bond acceptors (Lipinski definition) is 2. The highest BCUT2D eigenvalue weighted by Crippen LogP contribution is 2.37. The second-order valence-electron chi connectivity index (χ2n) is 5.18. The summed E-state index contributed by atoms with van der Waals surface area (Å²) in [6.45, 7) is 4.35. The average molecular weight is 219 g/mol. The zero-order valence-electron chi connectivity index (χ0n) is 10.1. The summed E-state index contributed by atoms with van der Waals surface area (Å²) in [6.07, 6.45) is 1.88. The van der Waals surface area contributed by atoms with E-state index in [9.17, 15) is 5.11 Å². The Morgan fingerprint density at radius 1 is 1.12 bits per heavy atom. The van der Waals surface area contributed by atoms with E-state index in [1.807, 2.05) is 12.1 Å². The first-order chi connectivity index (χ1) is 7.59. The van der Waals surface area contributed by atoms with Crippen LogP contribution in [0, 0.1) is 5.92 Å². The summed E-state index contributed by atoms with van der Waals surface area (Å²) in [7, 11) is 0. The maximum Gasteiger partial charge on any atom is 0.0760 e. The third-order valence-electron chi connectivity index (χ3n) is 3.46. The quantitative estimate of drug-likeness (QED) is 0.817. The van der Waals surface area contributed by atoms with Gasteiger partial charge in [0.1, 0.15) is 0 Å². The van der Waals surface area contributed by atoms with Crippen molar-refractivity contribution in [3.05, 3.63) is 35.4 Å². The number of benzene rings is 1. The summed E-state index contributed by atoms with van der Waals surface area (Å²) in [5, 5.41) is 9.96. The third-order valence-corrected chi connectivity index (χ3v) is 3.46. The molecule has 1 saturated carbocycles. The predicted molar refractivity (Wildman–Crippen MR) is 66.2 cm³/mol. The molecule has 0 saturated heterocycles. The lowest BCUT2D eigenvalue weighted by Gasteiger charge is -2.19. The molecular formula is C14H21NO. The molecule has 0 aliphatic heterocycles. The van der Waals surface area contributed by atoms with E-state index in [2.05, 4.69) is 26.0 Å². The van der Waals surface area contributed by atoms with Crippen LogP contribution in [0.2, 0.25) is 0 Å². The first-order valence-corrected chi connectivity index (χ1v) is 6.13. The van der Waals surface area contributed by atoms with Crippen LogP contribution in [0.25, 0.3) is 0 Å². The van der Waals surface area contributed by atoms with E-state index in [4.69, 9.17) is 5.73 Å². The molecule has 2 atom stereocenters. The first kappa shape index (κ1) is 11.6. The van der Waals surface area contributed by atoms with Crippen molar-refractivity contribution in [2.24, 2.45) is 11.7 Å². The minimum atomic E-state index is -0.370. The van der Waals surface area contributed by atoms with Crippen LogP contribution < -0.4 is 5.73 Å². The van der Waals surface area contributed by atoms with Gasteiger partial charge < -0.3 is 10.8 Å². The van der Waals surface area contributed by atoms with E-state index < -0.39 is 0 Å². The average Bonchev–Trinajstić information content (AvgIpc) is 3.11. The third kappa shape index (κ3) is 2.45. The van der Waals surface area contributed by atoms with Gasteiger partial charge in [0.2, 0.25) is 0 Å². The van der Waals surface area contributed by atoms with Gasteiger partial charge in [-0.05, 0) is 35.8 Å². The molecular weight excluding hydrogens is 198 g/mol. The Bertz CT molecular complexity index is 340. The SMILES string of the molecule is CC(C)c1ccc([C@@H](N)[C@@H](O)C2CC2)cc1. The topological polar surface area (TPSA) is 46.2 Å². The molecule has 0 amide bonds. The van der Waals surface area contributed by atoms with E-state index in [-0.39, 0.29) is 12.1 Å². The molecule has 16 heavy (non-hydrogen) atoms. The van der Waals surface area contributed by atoms with Gasteiger partial charge in [0.25, 0.3) is 0 Å². The molecule has 3 N–H and O–H groups in total. The highest BCUT2D eigenvalue weighted by molar-refractivity contribution is 5.27. The van der Waals surface area contributed by atoms with Crippen molar-refractivity contribution < 1.29 is 5.11 Å². The van der Waals surface area contributed by atoms with Gasteiger partial charge in [0.15, 0.2) is 0 Å². The van der Waals surface area contributed by atoms with E-state index in [1.54, 1.807) is 0 Å². The summed E-state index contributed by atoms with van der Waals surface area (Å²) in [4.78, 5) is 0. The van der Waals surface area contributed by atoms with Crippen molar-refractivity contribution in [3.8, 4) is 0 Å². The molecule has 0 heterocycles. The van der Waals surface area contributed by atoms with Crippen molar-refractivity contribution in [2.75, 3.05) is 0 Å². The number of aliphatic hydroxyl groups excluding tert-OH is 1. The Morgan fingerprint density at radius 3 is 2.06 bits per heavy atom. The van der Waals surface area contributed by atoms with E-state index >= 15 is 0 Å². The molecule has 1 aliphatic rings. The Kier molecular flexibility index (Phi) is 3.31. The van der Waals surface area contributed by atoms with Gasteiger partial charge in [-0.2, -0.15) is 0 Å². The van der Waals surface area contributed by atoms with Crippen molar-refractivity contribution >= 4 is 0 Å². The van der Waals surface area contributed by atoms with Crippen LogP contribution in [0.3, 0.4) is 0 Å². The first-order valence-electron chi connectivity index (χ1n) is 6.13. The van der Waals surface area contributed by atoms with Crippen molar-refractivity contribution in [3.63, 3.8) is 0 Å². The van der Waals surface area contributed by atoms with Crippen molar-refractivity contribution in [1.29, 1.82) is 0 Å². The zero-order valence-corrected chi connectivity index (χ0v) is 10.1. The Labute approximate surface area is 97.5 Å². The van der Waals surface area contributed by atoms with Gasteiger partial charge in [0.05, 0.1) is 12.1 Å². The molecule has 0 radical (unpaired) electrons. The summed E-state index contributed by atoms with van der Waals surface area (Å²) in [6, 6.07) is 8.09. The predicted octanol–water partition coefficient (Wildman–Crippen LogP) is 2.58. The minimum absolute atomic E-state index is 0.228. The highest BCUT2D eigenvalue weighted by Gasteiger charge is 2.34. The molecule has 1 aliphatic carbocycles. The fourth-order valence-corrected chi connectivity index (χ4v) is 2.03. The Morgan fingerprint density at radius 2 is 1.62 bits per heavy atom. The fraction of sp³-hybridized carbons (Fsp3) is 0.571. The van der Waals surface area contributed by atoms with Crippen LogP contribution in [0.4, 0.5) is 0 Å². The summed E-state index contributed by atoms with van der Waals surface area (Å²) in [5.41, 5.74) is 8.42. The highest BCUT2D eigenvalue weighted by atomic mass is 16.3. The summed E-state index contributed by atoms with van der Waals surface area (Å²) >= 11 is 0. The molecule has 1 fully saturated rings. The van der Waals surface area contributed by atoms with Crippen LogP contribution in [-0.4, -0.2) is 11.2 Å². The monoisotopic (exact) mass is 219 g/mol. The van der Waals surface area contributed by atoms with Gasteiger partial charge in [0, 0.05) is 0 Å². The maximum atomic E-state index is 9.96. The van der Waals surface area contributed by atoms with Crippen LogP contribution in [0.5, 0.6) is 0 Å². The number of aliphatic hydroxyl groups is 1. The van der Waals surface area contributed by atoms with Crippen LogP contribution in [0.15, 0.2) is 24.3 Å². The van der Waals surface area contributed by atoms with Crippen molar-refractivity contribution in [2.45, 2.75) is 44.8 Å². The number of rotatable bonds is 4. The standard InChI is InChI=1S/C14H21NO/c1-9(2)10-3-5-11(6-4-10)13(15)14(16)12-7-8-12/h3-6,9,12-14,16H,7-8,15H2,1-2H3/t13-,14+/m1/s1. The lowest BCUT2D eigenvalue weighted by molar-refractivity contribution is 0.122. The second kappa shape index (κ2) is 4.56. The van der Waals surface area contributed by atoms with Gasteiger partial charge in [-0.3, -0.25) is 0 Å². The van der Waals surface area contributed by atoms with E-state index in [0.29, 0.717) is 11.8 Å². The smallest absolute Gasteiger partial charge is 0.0760 e. The Balaban J connectivity index is 2.08. The molecule has 2 nitrogen and oxygen atoms in total. The molecule has 88 valence electrons. The van der Waals surface area contributed by atoms with E-state index in [1.165, 1.54) is 5.56 Å². The molecule has 1 aromatic carbocycles. The molecule has 1 aromatic rings. The Hall–Kier alpha value is -0.860. The maximum absolute atomic E-state index is 9.96. The second-order valence-corrected chi connectivity index (χ2v) is 5.18. The van der Waals surface area contributed by atoms with E-state index in [0.717, 1.165) is 18.4 Å². The summed E-state index contributed by atoms with van der Waals surface area (Å²) in [5.74, 6) is 0.971. The zero-order chi connectivity index (χ0) is 11.7. The van der Waals surface area contributed by atoms with Gasteiger partial charge >= 0.3 is 0 Å². The lowest BCUT2D eigenvalue weighted by Crippen LogP contribution is -2.27. The molecule has 2 heteroatoms. The van der Waals surface area contributed by atoms with Crippen LogP contribution in [-0.2, 0) is 0 Å². The number of hydrogen-bond donors (Lipinski definition) is 2. The molecule has 0 aromatic heterocycles. The van der Waals surface area contributed by atoms with Crippen LogP contribution in [0.1, 0.15) is 49.8 Å². The largest absolute Gasteiger partial charge is 0.391 e. The molecule has 0 bridgehead atoms. The molecule has 0 spiro atoms. The van der Waals surface area contributed by atoms with Gasteiger partial charge in [-0.15, -0.1) is 0 Å². The minimum Gasteiger partial charge on any atom is -0.391 e. The van der Waals surface area contributed by atoms with Crippen LogP contribution >= 0.6 is 0 Å². The van der Waals surface area contributed by atoms with Crippen molar-refractivity contribution in [1.82, 2.24) is 0 Å². The number of nitrogens with two attached hydrogens (primary N) is 1. The summed E-state index contributed by atoms with van der Waals surface area (Å²) < 4.78 is 0.